The van der Waals surface area contributed by atoms with Crippen LogP contribution in [0.2, 0.25) is 0 Å². The van der Waals surface area contributed by atoms with Crippen LogP contribution in [0, 0.1) is 0 Å². The third-order valence-electron chi connectivity index (χ3n) is 1.69. The first kappa shape index (κ1) is 7.51. The number of ether oxygens (including phenoxy) is 1. The van der Waals surface area contributed by atoms with Crippen LogP contribution < -0.4 is 0 Å². The van der Waals surface area contributed by atoms with Gasteiger partial charge in [-0.15, -0.1) is 0 Å². The van der Waals surface area contributed by atoms with Crippen LogP contribution in [0.1, 0.15) is 6.92 Å². The van der Waals surface area contributed by atoms with Crippen molar-refractivity contribution in [1.82, 2.24) is 0 Å². The molecule has 0 saturated heterocycles. The zero-order valence-corrected chi connectivity index (χ0v) is 6.24. The summed E-state index contributed by atoms with van der Waals surface area (Å²) in [6, 6.07) is 0. The Morgan fingerprint density at radius 1 is 1.40 bits per heavy atom. The fourth-order valence-electron chi connectivity index (χ4n) is 0.835. The van der Waals surface area contributed by atoms with Crippen LogP contribution in [0.25, 0.3) is 0 Å². The van der Waals surface area contributed by atoms with Crippen LogP contribution in [0.3, 0.4) is 0 Å². The lowest BCUT2D eigenvalue weighted by atomic mass is 9.99. The third-order valence-corrected chi connectivity index (χ3v) is 1.69. The van der Waals surface area contributed by atoms with Gasteiger partial charge in [-0.25, -0.2) is 0 Å². The lowest BCUT2D eigenvalue weighted by molar-refractivity contribution is 0.0859. The molecular weight excluding hydrogens is 128 g/mol. The second-order valence-electron chi connectivity index (χ2n) is 2.60. The summed E-state index contributed by atoms with van der Waals surface area (Å²) >= 11 is 0. The zero-order chi connectivity index (χ0) is 7.61. The molecule has 2 heteroatoms. The summed E-state index contributed by atoms with van der Waals surface area (Å²) in [5.74, 6) is 0. The summed E-state index contributed by atoms with van der Waals surface area (Å²) in [4.78, 5) is 0. The van der Waals surface area contributed by atoms with Crippen molar-refractivity contribution < 1.29 is 9.84 Å². The Hall–Kier alpha value is -0.600. The van der Waals surface area contributed by atoms with E-state index in [0.717, 1.165) is 0 Å². The quantitative estimate of drug-likeness (QED) is 0.548. The van der Waals surface area contributed by atoms with Crippen LogP contribution >= 0.6 is 0 Å². The van der Waals surface area contributed by atoms with Crippen molar-refractivity contribution in [3.8, 4) is 0 Å². The van der Waals surface area contributed by atoms with Gasteiger partial charge in [-0.2, -0.15) is 0 Å². The van der Waals surface area contributed by atoms with Crippen LogP contribution in [0.15, 0.2) is 24.3 Å². The predicted molar refractivity (Wildman–Crippen MR) is 39.7 cm³/mol. The average molecular weight is 140 g/mol. The molecule has 0 saturated carbocycles. The average Bonchev–Trinajstić information content (AvgIpc) is 1.96. The van der Waals surface area contributed by atoms with Crippen molar-refractivity contribution in [2.75, 3.05) is 7.11 Å². The van der Waals surface area contributed by atoms with E-state index < -0.39 is 6.10 Å². The van der Waals surface area contributed by atoms with Crippen LogP contribution in [0.4, 0.5) is 0 Å². The molecule has 0 fully saturated rings. The Kier molecular flexibility index (Phi) is 1.92. The summed E-state index contributed by atoms with van der Waals surface area (Å²) in [6.07, 6.45) is 6.67. The summed E-state index contributed by atoms with van der Waals surface area (Å²) < 4.78 is 5.14. The molecule has 0 atom stereocenters. The van der Waals surface area contributed by atoms with Gasteiger partial charge >= 0.3 is 0 Å². The highest BCUT2D eigenvalue weighted by atomic mass is 16.5. The first-order valence-electron chi connectivity index (χ1n) is 3.28. The van der Waals surface area contributed by atoms with Gasteiger partial charge in [0, 0.05) is 7.11 Å². The molecule has 1 aliphatic rings. The van der Waals surface area contributed by atoms with Crippen molar-refractivity contribution in [2.45, 2.75) is 18.6 Å². The van der Waals surface area contributed by atoms with Crippen molar-refractivity contribution >= 4 is 0 Å². The first-order chi connectivity index (χ1) is 4.66. The lowest BCUT2D eigenvalue weighted by Crippen LogP contribution is -2.24. The molecule has 2 nitrogen and oxygen atoms in total. The summed E-state index contributed by atoms with van der Waals surface area (Å²) in [6.45, 7) is 1.94. The van der Waals surface area contributed by atoms with Crippen molar-refractivity contribution in [3.05, 3.63) is 24.3 Å². The topological polar surface area (TPSA) is 29.5 Å². The van der Waals surface area contributed by atoms with Crippen molar-refractivity contribution in [2.24, 2.45) is 0 Å². The highest BCUT2D eigenvalue weighted by Gasteiger charge is 2.18. The molecule has 1 rings (SSSR count). The maximum atomic E-state index is 9.01. The molecule has 0 aromatic rings. The number of hydrogen-bond donors (Lipinski definition) is 1. The minimum absolute atomic E-state index is 0.320. The molecule has 10 heavy (non-hydrogen) atoms. The number of aliphatic hydroxyl groups excluding tert-OH is 1. The molecule has 0 spiro atoms. The Bertz CT molecular complexity index is 156. The number of methoxy groups -OCH3 is 1. The molecule has 0 bridgehead atoms. The van der Waals surface area contributed by atoms with Gasteiger partial charge in [0.05, 0.1) is 6.10 Å². The van der Waals surface area contributed by atoms with E-state index in [0.29, 0.717) is 0 Å². The standard InChI is InChI=1S/C8H12O2/c1-8(10-2)5-3-7(9)4-6-8/h3-7,9H,1-2H3. The van der Waals surface area contributed by atoms with E-state index in [1.807, 2.05) is 19.1 Å². The van der Waals surface area contributed by atoms with E-state index in [1.165, 1.54) is 0 Å². The largest absolute Gasteiger partial charge is 0.385 e. The molecular formula is C8H12O2. The van der Waals surface area contributed by atoms with Gasteiger partial charge in [0.2, 0.25) is 0 Å². The van der Waals surface area contributed by atoms with E-state index in [-0.39, 0.29) is 5.60 Å². The monoisotopic (exact) mass is 140 g/mol. The van der Waals surface area contributed by atoms with Gasteiger partial charge in [0.25, 0.3) is 0 Å². The second kappa shape index (κ2) is 2.56. The molecule has 56 valence electrons. The number of hydrogen-bond acceptors (Lipinski definition) is 2. The molecule has 0 aliphatic heterocycles. The van der Waals surface area contributed by atoms with Gasteiger partial charge in [-0.05, 0) is 6.92 Å². The van der Waals surface area contributed by atoms with Crippen LogP contribution in [-0.2, 0) is 4.74 Å². The fraction of sp³-hybridized carbons (Fsp3) is 0.500. The molecule has 0 radical (unpaired) electrons. The molecule has 0 amide bonds. The van der Waals surface area contributed by atoms with Crippen molar-refractivity contribution in [3.63, 3.8) is 0 Å². The number of aliphatic hydroxyl groups is 1. The summed E-state index contributed by atoms with van der Waals surface area (Å²) in [5.41, 5.74) is -0.320. The van der Waals surface area contributed by atoms with E-state index in [2.05, 4.69) is 0 Å². The summed E-state index contributed by atoms with van der Waals surface area (Å²) in [5, 5.41) is 9.01. The van der Waals surface area contributed by atoms with Gasteiger partial charge in [-0.1, -0.05) is 24.3 Å². The predicted octanol–water partition coefficient (Wildman–Crippen LogP) is 0.878. The number of rotatable bonds is 1. The minimum atomic E-state index is -0.441. The van der Waals surface area contributed by atoms with Gasteiger partial charge in [-0.3, -0.25) is 0 Å². The molecule has 1 aliphatic carbocycles. The Morgan fingerprint density at radius 2 is 1.90 bits per heavy atom. The molecule has 0 aromatic carbocycles. The van der Waals surface area contributed by atoms with Crippen LogP contribution in [-0.4, -0.2) is 23.9 Å². The molecule has 1 N–H and O–H groups in total. The van der Waals surface area contributed by atoms with Crippen LogP contribution in [0.5, 0.6) is 0 Å². The summed E-state index contributed by atoms with van der Waals surface area (Å²) in [7, 11) is 1.65. The smallest absolute Gasteiger partial charge is 0.101 e. The van der Waals surface area contributed by atoms with Gasteiger partial charge in [0.15, 0.2) is 0 Å². The van der Waals surface area contributed by atoms with Gasteiger partial charge in [0.1, 0.15) is 5.60 Å². The minimum Gasteiger partial charge on any atom is -0.385 e. The first-order valence-corrected chi connectivity index (χ1v) is 3.28. The maximum absolute atomic E-state index is 9.01. The highest BCUT2D eigenvalue weighted by Crippen LogP contribution is 2.17. The van der Waals surface area contributed by atoms with E-state index in [9.17, 15) is 0 Å². The fourth-order valence-corrected chi connectivity index (χ4v) is 0.835. The Morgan fingerprint density at radius 3 is 2.30 bits per heavy atom. The Labute approximate surface area is 60.8 Å². The maximum Gasteiger partial charge on any atom is 0.101 e. The van der Waals surface area contributed by atoms with Gasteiger partial charge < -0.3 is 9.84 Å². The lowest BCUT2D eigenvalue weighted by Gasteiger charge is -2.23. The molecule has 0 unspecified atom stereocenters. The van der Waals surface area contributed by atoms with E-state index in [1.54, 1.807) is 19.3 Å². The molecule has 0 heterocycles. The SMILES string of the molecule is COC1(C)C=CC(O)C=C1. The highest BCUT2D eigenvalue weighted by molar-refractivity contribution is 5.22. The van der Waals surface area contributed by atoms with E-state index in [4.69, 9.17) is 9.84 Å². The molecule has 0 aromatic heterocycles. The zero-order valence-electron chi connectivity index (χ0n) is 6.24. The van der Waals surface area contributed by atoms with E-state index >= 15 is 0 Å². The second-order valence-corrected chi connectivity index (χ2v) is 2.60. The normalized spacial score (nSPS) is 38.5. The third kappa shape index (κ3) is 1.46. The van der Waals surface area contributed by atoms with Crippen molar-refractivity contribution in [1.29, 1.82) is 0 Å². The Balaban J connectivity index is 2.69.